The molecule has 0 amide bonds. The monoisotopic (exact) mass is 430 g/mol. The minimum absolute atomic E-state index is 0.101. The Bertz CT molecular complexity index is 1380. The average Bonchev–Trinajstić information content (AvgIpc) is 3.50. The van der Waals surface area contributed by atoms with Gasteiger partial charge in [-0.25, -0.2) is 14.3 Å². The summed E-state index contributed by atoms with van der Waals surface area (Å²) in [7, 11) is 1.57. The fourth-order valence-corrected chi connectivity index (χ4v) is 4.82. The molecule has 164 valence electrons. The van der Waals surface area contributed by atoms with Gasteiger partial charge in [-0.15, -0.1) is 0 Å². The number of methoxy groups -OCH3 is 1. The third-order valence-electron chi connectivity index (χ3n) is 6.52. The maximum Gasteiger partial charge on any atom is 0.337 e. The predicted molar refractivity (Wildman–Crippen MR) is 124 cm³/mol. The molecule has 2 aromatic heterocycles. The van der Waals surface area contributed by atoms with Crippen LogP contribution in [-0.4, -0.2) is 25.8 Å². The van der Waals surface area contributed by atoms with Crippen molar-refractivity contribution in [3.05, 3.63) is 87.3 Å². The Kier molecular flexibility index (Phi) is 5.17. The molecule has 1 saturated carbocycles. The van der Waals surface area contributed by atoms with E-state index in [1.807, 2.05) is 66.1 Å². The third kappa shape index (κ3) is 3.16. The van der Waals surface area contributed by atoms with Crippen LogP contribution in [0.4, 0.5) is 0 Å². The second kappa shape index (κ2) is 8.15. The summed E-state index contributed by atoms with van der Waals surface area (Å²) in [5, 5.41) is 0. The number of nitrogens with zero attached hydrogens (tertiary/aromatic N) is 4. The van der Waals surface area contributed by atoms with Crippen LogP contribution in [0.2, 0.25) is 0 Å². The van der Waals surface area contributed by atoms with Crippen LogP contribution < -0.4 is 16.0 Å². The molecule has 1 aliphatic carbocycles. The molecule has 7 heteroatoms. The van der Waals surface area contributed by atoms with Gasteiger partial charge in [-0.2, -0.15) is 0 Å². The fourth-order valence-electron chi connectivity index (χ4n) is 4.82. The Morgan fingerprint density at radius 2 is 1.69 bits per heavy atom. The Labute approximate surface area is 185 Å². The van der Waals surface area contributed by atoms with Gasteiger partial charge in [0.2, 0.25) is 0 Å². The van der Waals surface area contributed by atoms with Gasteiger partial charge in [0.25, 0.3) is 5.56 Å². The maximum atomic E-state index is 13.7. The van der Waals surface area contributed by atoms with Gasteiger partial charge in [-0.1, -0.05) is 55.3 Å². The van der Waals surface area contributed by atoms with Gasteiger partial charge in [0.1, 0.15) is 5.75 Å². The van der Waals surface area contributed by atoms with E-state index in [1.54, 1.807) is 13.4 Å². The lowest BCUT2D eigenvalue weighted by Crippen LogP contribution is -2.42. The van der Waals surface area contributed by atoms with Crippen molar-refractivity contribution in [1.29, 1.82) is 0 Å². The van der Waals surface area contributed by atoms with Gasteiger partial charge in [0.15, 0.2) is 11.2 Å². The summed E-state index contributed by atoms with van der Waals surface area (Å²) in [6.07, 6.45) is 5.35. The van der Waals surface area contributed by atoms with E-state index < -0.39 is 0 Å². The van der Waals surface area contributed by atoms with Crippen molar-refractivity contribution >= 4 is 11.2 Å². The Morgan fingerprint density at radius 1 is 1.00 bits per heavy atom. The lowest BCUT2D eigenvalue weighted by molar-refractivity contribution is 0.411. The highest BCUT2D eigenvalue weighted by Gasteiger charge is 2.27. The highest BCUT2D eigenvalue weighted by Crippen LogP contribution is 2.30. The van der Waals surface area contributed by atoms with E-state index in [0.717, 1.165) is 31.2 Å². The second-order valence-corrected chi connectivity index (χ2v) is 8.31. The van der Waals surface area contributed by atoms with Gasteiger partial charge in [0, 0.05) is 6.04 Å². The van der Waals surface area contributed by atoms with Crippen LogP contribution in [0.3, 0.4) is 0 Å². The van der Waals surface area contributed by atoms with Crippen LogP contribution >= 0.6 is 0 Å². The average molecular weight is 431 g/mol. The standard InChI is InChI=1S/C25H26N4O3/c1-17(18-10-4-3-5-11-18)27-16-26-23-22(27)24(30)28(19-12-6-7-13-19)25(31)29(23)20-14-8-9-15-21(20)32-2/h3-5,8-11,14-17,19H,6-7,12-13H2,1-2H3/t17-/m1/s1. The number of fused-ring (bicyclic) bond motifs is 1. The van der Waals surface area contributed by atoms with Crippen molar-refractivity contribution in [3.8, 4) is 11.4 Å². The SMILES string of the molecule is COc1ccccc1-n1c(=O)n(C2CCCC2)c(=O)c2c1ncn2[C@H](C)c1ccccc1. The topological polar surface area (TPSA) is 71.1 Å². The van der Waals surface area contributed by atoms with Gasteiger partial charge in [-0.05, 0) is 37.5 Å². The van der Waals surface area contributed by atoms with Crippen molar-refractivity contribution in [1.82, 2.24) is 18.7 Å². The molecule has 4 aromatic rings. The molecule has 5 rings (SSSR count). The molecule has 1 aliphatic rings. The number of hydrogen-bond donors (Lipinski definition) is 0. The molecule has 2 aromatic carbocycles. The van der Waals surface area contributed by atoms with E-state index in [2.05, 4.69) is 4.98 Å². The molecule has 7 nitrogen and oxygen atoms in total. The quantitative estimate of drug-likeness (QED) is 0.478. The first-order valence-corrected chi connectivity index (χ1v) is 11.0. The molecule has 0 radical (unpaired) electrons. The van der Waals surface area contributed by atoms with Gasteiger partial charge in [0.05, 0.1) is 25.2 Å². The fraction of sp³-hybridized carbons (Fsp3) is 0.320. The highest BCUT2D eigenvalue weighted by atomic mass is 16.5. The molecular formula is C25H26N4O3. The van der Waals surface area contributed by atoms with Crippen molar-refractivity contribution < 1.29 is 4.74 Å². The summed E-state index contributed by atoms with van der Waals surface area (Å²) in [6.45, 7) is 2.04. The first kappa shape index (κ1) is 20.3. The van der Waals surface area contributed by atoms with E-state index in [4.69, 9.17) is 4.74 Å². The summed E-state index contributed by atoms with van der Waals surface area (Å²) in [4.78, 5) is 32.0. The third-order valence-corrected chi connectivity index (χ3v) is 6.52. The molecule has 0 saturated heterocycles. The Hall–Kier alpha value is -3.61. The first-order chi connectivity index (χ1) is 15.6. The van der Waals surface area contributed by atoms with Crippen molar-refractivity contribution in [2.45, 2.75) is 44.7 Å². The summed E-state index contributed by atoms with van der Waals surface area (Å²) < 4.78 is 10.4. The first-order valence-electron chi connectivity index (χ1n) is 11.0. The number of benzene rings is 2. The molecule has 0 spiro atoms. The van der Waals surface area contributed by atoms with Gasteiger partial charge in [-0.3, -0.25) is 9.36 Å². The second-order valence-electron chi connectivity index (χ2n) is 8.31. The molecule has 32 heavy (non-hydrogen) atoms. The number of hydrogen-bond acceptors (Lipinski definition) is 4. The molecule has 2 heterocycles. The van der Waals surface area contributed by atoms with Crippen molar-refractivity contribution in [3.63, 3.8) is 0 Å². The molecule has 1 atom stereocenters. The number of imidazole rings is 1. The normalized spacial score (nSPS) is 15.3. The summed E-state index contributed by atoms with van der Waals surface area (Å²) >= 11 is 0. The van der Waals surface area contributed by atoms with Crippen molar-refractivity contribution in [2.24, 2.45) is 0 Å². The highest BCUT2D eigenvalue weighted by molar-refractivity contribution is 5.73. The van der Waals surface area contributed by atoms with Crippen LogP contribution in [-0.2, 0) is 0 Å². The molecule has 0 N–H and O–H groups in total. The van der Waals surface area contributed by atoms with Crippen LogP contribution in [0.5, 0.6) is 5.75 Å². The zero-order valence-electron chi connectivity index (χ0n) is 18.3. The molecule has 1 fully saturated rings. The maximum absolute atomic E-state index is 13.7. The summed E-state index contributed by atoms with van der Waals surface area (Å²) in [5.41, 5.74) is 1.78. The number of aromatic nitrogens is 4. The van der Waals surface area contributed by atoms with Crippen LogP contribution in [0.15, 0.2) is 70.5 Å². The minimum atomic E-state index is -0.364. The van der Waals surface area contributed by atoms with Crippen molar-refractivity contribution in [2.75, 3.05) is 7.11 Å². The van der Waals surface area contributed by atoms with E-state index in [-0.39, 0.29) is 23.3 Å². The molecular weight excluding hydrogens is 404 g/mol. The lowest BCUT2D eigenvalue weighted by Gasteiger charge is -2.19. The van der Waals surface area contributed by atoms with Crippen LogP contribution in [0.1, 0.15) is 50.3 Å². The number of rotatable bonds is 5. The Balaban J connectivity index is 1.85. The van der Waals surface area contributed by atoms with Gasteiger partial charge < -0.3 is 9.30 Å². The summed E-state index contributed by atoms with van der Waals surface area (Å²) in [6, 6.07) is 17.1. The molecule has 0 bridgehead atoms. The van der Waals surface area contributed by atoms with Gasteiger partial charge >= 0.3 is 5.69 Å². The summed E-state index contributed by atoms with van der Waals surface area (Å²) in [5.74, 6) is 0.554. The lowest BCUT2D eigenvalue weighted by atomic mass is 10.1. The zero-order valence-corrected chi connectivity index (χ0v) is 18.3. The predicted octanol–water partition coefficient (Wildman–Crippen LogP) is 4.08. The number of para-hydroxylation sites is 2. The van der Waals surface area contributed by atoms with Crippen LogP contribution in [0.25, 0.3) is 16.9 Å². The van der Waals surface area contributed by atoms with E-state index in [9.17, 15) is 9.59 Å². The van der Waals surface area contributed by atoms with E-state index >= 15 is 0 Å². The molecule has 0 unspecified atom stereocenters. The van der Waals surface area contributed by atoms with E-state index in [0.29, 0.717) is 22.6 Å². The molecule has 0 aliphatic heterocycles. The minimum Gasteiger partial charge on any atom is -0.495 e. The van der Waals surface area contributed by atoms with Crippen LogP contribution in [0, 0.1) is 0 Å². The largest absolute Gasteiger partial charge is 0.495 e. The zero-order chi connectivity index (χ0) is 22.2. The van der Waals surface area contributed by atoms with E-state index in [1.165, 1.54) is 9.13 Å². The number of ether oxygens (including phenoxy) is 1. The Morgan fingerprint density at radius 3 is 2.41 bits per heavy atom. The smallest absolute Gasteiger partial charge is 0.337 e.